The van der Waals surface area contributed by atoms with Crippen LogP contribution in [0.15, 0.2) is 53.5 Å². The molecule has 0 aliphatic carbocycles. The van der Waals surface area contributed by atoms with Crippen molar-refractivity contribution in [1.29, 1.82) is 0 Å². The molecule has 0 bridgehead atoms. The van der Waals surface area contributed by atoms with Gasteiger partial charge in [-0.15, -0.1) is 0 Å². The zero-order valence-corrected chi connectivity index (χ0v) is 9.55. The number of nitrogens with one attached hydrogen (secondary N) is 1. The Labute approximate surface area is 104 Å². The van der Waals surface area contributed by atoms with Gasteiger partial charge in [0.1, 0.15) is 6.04 Å². The number of carbonyl (C=O) groups excluding carboxylic acids is 1. The van der Waals surface area contributed by atoms with Crippen molar-refractivity contribution >= 4 is 22.9 Å². The van der Waals surface area contributed by atoms with Crippen LogP contribution in [0, 0.1) is 0 Å². The lowest BCUT2D eigenvalue weighted by atomic mass is 9.94. The number of para-hydroxylation sites is 2. The van der Waals surface area contributed by atoms with Crippen molar-refractivity contribution in [1.82, 2.24) is 0 Å². The molecule has 0 radical (unpaired) electrons. The van der Waals surface area contributed by atoms with Crippen LogP contribution in [0.1, 0.15) is 15.9 Å². The van der Waals surface area contributed by atoms with Gasteiger partial charge in [-0.2, -0.15) is 0 Å². The van der Waals surface area contributed by atoms with Crippen molar-refractivity contribution in [3.05, 3.63) is 59.7 Å². The van der Waals surface area contributed by atoms with Gasteiger partial charge in [0, 0.05) is 16.8 Å². The highest BCUT2D eigenvalue weighted by Gasteiger charge is 2.37. The third kappa shape index (κ3) is 1.13. The average Bonchev–Trinajstić information content (AvgIpc) is 2.79. The Hall–Kier alpha value is -2.42. The van der Waals surface area contributed by atoms with E-state index in [1.807, 2.05) is 48.5 Å². The first kappa shape index (κ1) is 9.59. The van der Waals surface area contributed by atoms with E-state index in [2.05, 4.69) is 10.3 Å². The normalized spacial score (nSPS) is 19.4. The van der Waals surface area contributed by atoms with Crippen molar-refractivity contribution < 1.29 is 4.79 Å². The minimum atomic E-state index is -0.322. The Morgan fingerprint density at radius 2 is 1.67 bits per heavy atom. The Morgan fingerprint density at radius 3 is 2.56 bits per heavy atom. The summed E-state index contributed by atoms with van der Waals surface area (Å²) in [6.45, 7) is 0. The van der Waals surface area contributed by atoms with Crippen LogP contribution in [0.2, 0.25) is 0 Å². The van der Waals surface area contributed by atoms with Crippen molar-refractivity contribution in [2.75, 3.05) is 5.32 Å². The maximum Gasteiger partial charge on any atom is 0.193 e. The molecule has 0 amide bonds. The van der Waals surface area contributed by atoms with E-state index >= 15 is 0 Å². The van der Waals surface area contributed by atoms with Crippen molar-refractivity contribution in [3.63, 3.8) is 0 Å². The van der Waals surface area contributed by atoms with E-state index in [9.17, 15) is 4.79 Å². The molecule has 1 atom stereocenters. The van der Waals surface area contributed by atoms with E-state index in [1.165, 1.54) is 0 Å². The fraction of sp³-hybridized carbons (Fsp3) is 0.0667. The van der Waals surface area contributed by atoms with Gasteiger partial charge in [-0.25, -0.2) is 4.99 Å². The van der Waals surface area contributed by atoms with Gasteiger partial charge in [0.2, 0.25) is 0 Å². The molecule has 1 N–H and O–H groups in total. The van der Waals surface area contributed by atoms with Gasteiger partial charge in [-0.05, 0) is 18.2 Å². The lowest BCUT2D eigenvalue weighted by Crippen LogP contribution is -2.35. The molecule has 2 heterocycles. The molecule has 1 unspecified atom stereocenters. The van der Waals surface area contributed by atoms with E-state index < -0.39 is 0 Å². The molecular weight excluding hydrogens is 224 g/mol. The average molecular weight is 234 g/mol. The largest absolute Gasteiger partial charge is 0.370 e. The van der Waals surface area contributed by atoms with Gasteiger partial charge < -0.3 is 5.32 Å². The van der Waals surface area contributed by atoms with Gasteiger partial charge in [-0.3, -0.25) is 4.79 Å². The molecule has 0 aromatic heterocycles. The second kappa shape index (κ2) is 3.29. The molecule has 0 saturated heterocycles. The number of Topliss-reactive ketones (excluding diaryl/α,β-unsaturated/α-hetero) is 1. The first-order valence-corrected chi connectivity index (χ1v) is 5.92. The van der Waals surface area contributed by atoms with Crippen LogP contribution in [0.5, 0.6) is 0 Å². The lowest BCUT2D eigenvalue weighted by molar-refractivity contribution is 0.0990. The fourth-order valence-electron chi connectivity index (χ4n) is 2.59. The standard InChI is InChI=1S/C15H10N2O/c18-15-10-6-2-4-8-12(10)16-13-9-5-1-3-7-11(9)17-14(13)15/h1-8,14,17H. The van der Waals surface area contributed by atoms with Crippen molar-refractivity contribution in [2.45, 2.75) is 6.04 Å². The second-order valence-electron chi connectivity index (χ2n) is 4.50. The molecule has 3 nitrogen and oxygen atoms in total. The number of aliphatic imine (C=N–C) groups is 1. The number of carbonyl (C=O) groups is 1. The highest BCUT2D eigenvalue weighted by molar-refractivity contribution is 6.31. The summed E-state index contributed by atoms with van der Waals surface area (Å²) in [6, 6.07) is 15.1. The summed E-state index contributed by atoms with van der Waals surface area (Å²) in [4.78, 5) is 17.1. The molecule has 0 spiro atoms. The minimum Gasteiger partial charge on any atom is -0.370 e. The van der Waals surface area contributed by atoms with Crippen LogP contribution < -0.4 is 5.32 Å². The maximum atomic E-state index is 12.4. The Balaban J connectivity index is 1.98. The predicted octanol–water partition coefficient (Wildman–Crippen LogP) is 2.80. The van der Waals surface area contributed by atoms with Crippen LogP contribution in [0.3, 0.4) is 0 Å². The zero-order valence-electron chi connectivity index (χ0n) is 9.55. The van der Waals surface area contributed by atoms with Crippen LogP contribution in [0.25, 0.3) is 0 Å². The molecule has 2 aromatic rings. The predicted molar refractivity (Wildman–Crippen MR) is 70.8 cm³/mol. The number of hydrogen-bond acceptors (Lipinski definition) is 3. The molecule has 2 aromatic carbocycles. The van der Waals surface area contributed by atoms with Gasteiger partial charge in [0.05, 0.1) is 11.4 Å². The molecule has 4 rings (SSSR count). The van der Waals surface area contributed by atoms with Gasteiger partial charge >= 0.3 is 0 Å². The van der Waals surface area contributed by atoms with E-state index in [0.29, 0.717) is 5.56 Å². The summed E-state index contributed by atoms with van der Waals surface area (Å²) >= 11 is 0. The number of hydrogen-bond donors (Lipinski definition) is 1. The molecule has 0 saturated carbocycles. The summed E-state index contributed by atoms with van der Waals surface area (Å²) in [5.74, 6) is 0.104. The van der Waals surface area contributed by atoms with Crippen LogP contribution in [-0.4, -0.2) is 17.5 Å². The number of ketones is 1. The monoisotopic (exact) mass is 234 g/mol. The van der Waals surface area contributed by atoms with E-state index in [0.717, 1.165) is 22.6 Å². The number of fused-ring (bicyclic) bond motifs is 4. The minimum absolute atomic E-state index is 0.104. The summed E-state index contributed by atoms with van der Waals surface area (Å²) in [5.41, 5.74) is 4.33. The zero-order chi connectivity index (χ0) is 12.1. The third-order valence-corrected chi connectivity index (χ3v) is 3.45. The van der Waals surface area contributed by atoms with Crippen LogP contribution >= 0.6 is 0 Å². The van der Waals surface area contributed by atoms with E-state index in [1.54, 1.807) is 0 Å². The number of benzene rings is 2. The Kier molecular flexibility index (Phi) is 1.75. The topological polar surface area (TPSA) is 41.5 Å². The molecule has 2 aliphatic heterocycles. The maximum absolute atomic E-state index is 12.4. The van der Waals surface area contributed by atoms with E-state index in [-0.39, 0.29) is 11.8 Å². The number of nitrogens with zero attached hydrogens (tertiary/aromatic N) is 1. The Morgan fingerprint density at radius 1 is 0.944 bits per heavy atom. The van der Waals surface area contributed by atoms with Gasteiger partial charge in [0.25, 0.3) is 0 Å². The molecular formula is C15H10N2O. The van der Waals surface area contributed by atoms with Gasteiger partial charge in [0.15, 0.2) is 5.78 Å². The SMILES string of the molecule is O=C1c2ccccc2N=C2c3ccccc3NC12. The van der Waals surface area contributed by atoms with Crippen LogP contribution in [0.4, 0.5) is 11.4 Å². The van der Waals surface area contributed by atoms with Crippen LogP contribution in [-0.2, 0) is 0 Å². The first-order chi connectivity index (χ1) is 8.84. The summed E-state index contributed by atoms with van der Waals surface area (Å²) < 4.78 is 0. The quantitative estimate of drug-likeness (QED) is 0.761. The molecule has 2 aliphatic rings. The molecule has 0 fully saturated rings. The summed E-state index contributed by atoms with van der Waals surface area (Å²) in [5, 5.41) is 3.25. The summed E-state index contributed by atoms with van der Waals surface area (Å²) in [7, 11) is 0. The Bertz CT molecular complexity index is 703. The second-order valence-corrected chi connectivity index (χ2v) is 4.50. The highest BCUT2D eigenvalue weighted by Crippen LogP contribution is 2.35. The van der Waals surface area contributed by atoms with E-state index in [4.69, 9.17) is 0 Å². The lowest BCUT2D eigenvalue weighted by Gasteiger charge is -2.18. The molecule has 18 heavy (non-hydrogen) atoms. The first-order valence-electron chi connectivity index (χ1n) is 5.92. The molecule has 3 heteroatoms. The smallest absolute Gasteiger partial charge is 0.193 e. The fourth-order valence-corrected chi connectivity index (χ4v) is 2.59. The summed E-state index contributed by atoms with van der Waals surface area (Å²) in [6.07, 6.45) is 0. The van der Waals surface area contributed by atoms with Crippen molar-refractivity contribution in [2.24, 2.45) is 4.99 Å². The number of rotatable bonds is 0. The highest BCUT2D eigenvalue weighted by atomic mass is 16.1. The number of anilines is 1. The molecule has 86 valence electrons. The van der Waals surface area contributed by atoms with Crippen molar-refractivity contribution in [3.8, 4) is 0 Å². The van der Waals surface area contributed by atoms with Gasteiger partial charge in [-0.1, -0.05) is 30.3 Å². The third-order valence-electron chi connectivity index (χ3n) is 3.45.